The minimum absolute atomic E-state index is 0.189. The van der Waals surface area contributed by atoms with E-state index in [2.05, 4.69) is 14.9 Å². The number of alkyl halides is 1. The number of hydrogen-bond donors (Lipinski definition) is 0. The summed E-state index contributed by atoms with van der Waals surface area (Å²) in [5.74, 6) is 2.75. The van der Waals surface area contributed by atoms with E-state index in [1.807, 2.05) is 13.0 Å². The molecule has 0 amide bonds. The van der Waals surface area contributed by atoms with Gasteiger partial charge in [-0.1, -0.05) is 0 Å². The molecule has 3 rings (SSSR count). The summed E-state index contributed by atoms with van der Waals surface area (Å²) in [7, 11) is 0. The van der Waals surface area contributed by atoms with Crippen LogP contribution in [0.5, 0.6) is 0 Å². The van der Waals surface area contributed by atoms with Gasteiger partial charge in [-0.25, -0.2) is 9.97 Å². The Balaban J connectivity index is 1.82. The maximum absolute atomic E-state index is 12.6. The molecule has 1 saturated carbocycles. The van der Waals surface area contributed by atoms with Crippen LogP contribution in [0.4, 0.5) is 10.2 Å². The average molecular weight is 235 g/mol. The topological polar surface area (TPSA) is 29.0 Å². The van der Waals surface area contributed by atoms with Crippen molar-refractivity contribution in [1.82, 2.24) is 9.97 Å². The SMILES string of the molecule is Cc1cc(N2CCC(CF)C2)nc(C2CC2)n1. The number of aromatic nitrogens is 2. The third-order valence-electron chi connectivity index (χ3n) is 3.63. The number of rotatable bonds is 3. The average Bonchev–Trinajstić information content (AvgIpc) is 3.06. The first kappa shape index (κ1) is 10.9. The highest BCUT2D eigenvalue weighted by molar-refractivity contribution is 5.41. The molecule has 2 aliphatic rings. The van der Waals surface area contributed by atoms with Gasteiger partial charge in [0.15, 0.2) is 0 Å². The van der Waals surface area contributed by atoms with Crippen LogP contribution in [0.2, 0.25) is 0 Å². The van der Waals surface area contributed by atoms with E-state index in [9.17, 15) is 4.39 Å². The van der Waals surface area contributed by atoms with Gasteiger partial charge >= 0.3 is 0 Å². The zero-order valence-electron chi connectivity index (χ0n) is 10.2. The largest absolute Gasteiger partial charge is 0.356 e. The van der Waals surface area contributed by atoms with E-state index >= 15 is 0 Å². The lowest BCUT2D eigenvalue weighted by Gasteiger charge is -2.18. The fourth-order valence-electron chi connectivity index (χ4n) is 2.43. The molecule has 0 N–H and O–H groups in total. The summed E-state index contributed by atoms with van der Waals surface area (Å²) in [4.78, 5) is 11.3. The van der Waals surface area contributed by atoms with Gasteiger partial charge in [-0.05, 0) is 26.2 Å². The highest BCUT2D eigenvalue weighted by Crippen LogP contribution is 2.38. The van der Waals surface area contributed by atoms with Crippen LogP contribution in [0.25, 0.3) is 0 Å². The van der Waals surface area contributed by atoms with Crippen molar-refractivity contribution >= 4 is 5.82 Å². The number of nitrogens with zero attached hydrogens (tertiary/aromatic N) is 3. The molecular weight excluding hydrogens is 217 g/mol. The Kier molecular flexibility index (Phi) is 2.73. The minimum atomic E-state index is -0.212. The summed E-state index contributed by atoms with van der Waals surface area (Å²) >= 11 is 0. The van der Waals surface area contributed by atoms with Crippen LogP contribution in [-0.4, -0.2) is 29.7 Å². The van der Waals surface area contributed by atoms with Gasteiger partial charge < -0.3 is 4.90 Å². The van der Waals surface area contributed by atoms with Crippen molar-refractivity contribution in [1.29, 1.82) is 0 Å². The van der Waals surface area contributed by atoms with Crippen molar-refractivity contribution < 1.29 is 4.39 Å². The van der Waals surface area contributed by atoms with Gasteiger partial charge in [-0.15, -0.1) is 0 Å². The third kappa shape index (κ3) is 2.26. The van der Waals surface area contributed by atoms with E-state index < -0.39 is 0 Å². The van der Waals surface area contributed by atoms with Gasteiger partial charge in [0.25, 0.3) is 0 Å². The van der Waals surface area contributed by atoms with E-state index in [0.29, 0.717) is 5.92 Å². The third-order valence-corrected chi connectivity index (χ3v) is 3.63. The van der Waals surface area contributed by atoms with E-state index in [0.717, 1.165) is 36.8 Å². The quantitative estimate of drug-likeness (QED) is 0.806. The number of halogens is 1. The highest BCUT2D eigenvalue weighted by Gasteiger charge is 2.29. The fourth-order valence-corrected chi connectivity index (χ4v) is 2.43. The smallest absolute Gasteiger partial charge is 0.134 e. The Labute approximate surface area is 101 Å². The van der Waals surface area contributed by atoms with Crippen LogP contribution in [0.1, 0.15) is 36.7 Å². The first-order chi connectivity index (χ1) is 8.26. The molecule has 1 aliphatic carbocycles. The molecule has 0 bridgehead atoms. The summed E-state index contributed by atoms with van der Waals surface area (Å²) in [5.41, 5.74) is 1.03. The van der Waals surface area contributed by atoms with Gasteiger partial charge in [0.2, 0.25) is 0 Å². The Bertz CT molecular complexity index is 417. The molecule has 2 heterocycles. The summed E-state index contributed by atoms with van der Waals surface area (Å²) in [6.45, 7) is 3.53. The molecule has 1 aliphatic heterocycles. The molecule has 4 heteroatoms. The Morgan fingerprint density at radius 3 is 2.82 bits per heavy atom. The molecule has 1 aromatic rings. The summed E-state index contributed by atoms with van der Waals surface area (Å²) in [6.07, 6.45) is 3.38. The van der Waals surface area contributed by atoms with E-state index in [4.69, 9.17) is 0 Å². The van der Waals surface area contributed by atoms with Crippen molar-refractivity contribution in [3.05, 3.63) is 17.6 Å². The molecule has 2 fully saturated rings. The lowest BCUT2D eigenvalue weighted by molar-refractivity contribution is 0.384. The fraction of sp³-hybridized carbons (Fsp3) is 0.692. The van der Waals surface area contributed by atoms with Crippen molar-refractivity contribution in [3.8, 4) is 0 Å². The lowest BCUT2D eigenvalue weighted by atomic mass is 10.1. The maximum Gasteiger partial charge on any atom is 0.134 e. The summed E-state index contributed by atoms with van der Waals surface area (Å²) < 4.78 is 12.6. The molecule has 1 aromatic heterocycles. The summed E-state index contributed by atoms with van der Waals surface area (Å²) in [5, 5.41) is 0. The first-order valence-corrected chi connectivity index (χ1v) is 6.43. The molecule has 0 aromatic carbocycles. The lowest BCUT2D eigenvalue weighted by Crippen LogP contribution is -2.22. The number of anilines is 1. The van der Waals surface area contributed by atoms with Crippen molar-refractivity contribution in [2.45, 2.75) is 32.1 Å². The monoisotopic (exact) mass is 235 g/mol. The Morgan fingerprint density at radius 2 is 2.18 bits per heavy atom. The first-order valence-electron chi connectivity index (χ1n) is 6.43. The van der Waals surface area contributed by atoms with Crippen LogP contribution >= 0.6 is 0 Å². The van der Waals surface area contributed by atoms with Crippen molar-refractivity contribution in [3.63, 3.8) is 0 Å². The molecule has 3 nitrogen and oxygen atoms in total. The van der Waals surface area contributed by atoms with Crippen LogP contribution in [0, 0.1) is 12.8 Å². The molecular formula is C13H18FN3. The van der Waals surface area contributed by atoms with E-state index in [-0.39, 0.29) is 12.6 Å². The molecule has 92 valence electrons. The summed E-state index contributed by atoms with van der Waals surface area (Å²) in [6, 6.07) is 2.02. The second-order valence-electron chi connectivity index (χ2n) is 5.26. The zero-order valence-corrected chi connectivity index (χ0v) is 10.2. The van der Waals surface area contributed by atoms with E-state index in [1.165, 1.54) is 12.8 Å². The molecule has 1 unspecified atom stereocenters. The van der Waals surface area contributed by atoms with Crippen LogP contribution in [0.15, 0.2) is 6.07 Å². The zero-order chi connectivity index (χ0) is 11.8. The minimum Gasteiger partial charge on any atom is -0.356 e. The molecule has 0 spiro atoms. The van der Waals surface area contributed by atoms with Crippen molar-refractivity contribution in [2.75, 3.05) is 24.7 Å². The van der Waals surface area contributed by atoms with Gasteiger partial charge in [-0.2, -0.15) is 0 Å². The molecule has 1 saturated heterocycles. The predicted molar refractivity (Wildman–Crippen MR) is 65.0 cm³/mol. The maximum atomic E-state index is 12.6. The van der Waals surface area contributed by atoms with Crippen molar-refractivity contribution in [2.24, 2.45) is 5.92 Å². The second-order valence-corrected chi connectivity index (χ2v) is 5.26. The molecule has 17 heavy (non-hydrogen) atoms. The highest BCUT2D eigenvalue weighted by atomic mass is 19.1. The van der Waals surface area contributed by atoms with Gasteiger partial charge in [0.1, 0.15) is 11.6 Å². The second kappa shape index (κ2) is 4.24. The predicted octanol–water partition coefficient (Wildman–Crippen LogP) is 2.46. The number of hydrogen-bond acceptors (Lipinski definition) is 3. The Hall–Kier alpha value is -1.19. The Morgan fingerprint density at radius 1 is 1.35 bits per heavy atom. The van der Waals surface area contributed by atoms with Gasteiger partial charge in [0.05, 0.1) is 6.67 Å². The van der Waals surface area contributed by atoms with E-state index in [1.54, 1.807) is 0 Å². The molecule has 1 atom stereocenters. The van der Waals surface area contributed by atoms with Crippen LogP contribution in [-0.2, 0) is 0 Å². The molecule has 0 radical (unpaired) electrons. The number of aryl methyl sites for hydroxylation is 1. The van der Waals surface area contributed by atoms with Crippen LogP contribution < -0.4 is 4.90 Å². The normalized spacial score (nSPS) is 24.4. The van der Waals surface area contributed by atoms with Gasteiger partial charge in [-0.3, -0.25) is 4.39 Å². The van der Waals surface area contributed by atoms with Crippen LogP contribution in [0.3, 0.4) is 0 Å². The van der Waals surface area contributed by atoms with Gasteiger partial charge in [0, 0.05) is 36.7 Å². The standard InChI is InChI=1S/C13H18FN3/c1-9-6-12(16-13(15-9)11-2-3-11)17-5-4-10(7-14)8-17/h6,10-11H,2-5,7-8H2,1H3.